The van der Waals surface area contributed by atoms with E-state index < -0.39 is 10.0 Å². The molecule has 0 saturated heterocycles. The molecular weight excluding hydrogens is 296 g/mol. The van der Waals surface area contributed by atoms with Gasteiger partial charge < -0.3 is 5.32 Å². The molecule has 3 atom stereocenters. The van der Waals surface area contributed by atoms with Gasteiger partial charge in [0.1, 0.15) is 0 Å². The van der Waals surface area contributed by atoms with E-state index in [-0.39, 0.29) is 0 Å². The molecule has 2 aliphatic carbocycles. The number of nitrogens with zero attached hydrogens (tertiary/aromatic N) is 1. The van der Waals surface area contributed by atoms with Gasteiger partial charge in [-0.1, -0.05) is 24.3 Å². The number of allylic oxidation sites excluding steroid dienone is 2. The molecule has 2 aliphatic rings. The zero-order valence-corrected chi connectivity index (χ0v) is 14.0. The Balaban J connectivity index is 1.50. The van der Waals surface area contributed by atoms with Gasteiger partial charge in [0, 0.05) is 13.6 Å². The van der Waals surface area contributed by atoms with Gasteiger partial charge >= 0.3 is 0 Å². The van der Waals surface area contributed by atoms with Crippen molar-refractivity contribution in [3.8, 4) is 0 Å². The lowest BCUT2D eigenvalue weighted by Crippen LogP contribution is -2.25. The maximum atomic E-state index is 11.5. The molecule has 0 radical (unpaired) electrons. The lowest BCUT2D eigenvalue weighted by Gasteiger charge is -2.19. The van der Waals surface area contributed by atoms with Crippen LogP contribution in [0.5, 0.6) is 0 Å². The standard InChI is InChI=1S/C17H24N2O2S/c1-19(22(2,20)21)17-7-4-13(5-8-17)11-18-12-16-10-14-3-6-15(16)9-14/h3-8,14-16,18H,9-12H2,1-2H3/t14-,15-,16+/m0/s1. The van der Waals surface area contributed by atoms with E-state index in [9.17, 15) is 8.42 Å². The summed E-state index contributed by atoms with van der Waals surface area (Å²) in [7, 11) is -1.62. The van der Waals surface area contributed by atoms with Crippen LogP contribution in [-0.2, 0) is 16.6 Å². The average molecular weight is 320 g/mol. The molecular formula is C17H24N2O2S. The van der Waals surface area contributed by atoms with Crippen molar-refractivity contribution in [2.45, 2.75) is 19.4 Å². The van der Waals surface area contributed by atoms with Gasteiger partial charge in [0.05, 0.1) is 11.9 Å². The molecule has 0 amide bonds. The van der Waals surface area contributed by atoms with Crippen molar-refractivity contribution in [1.82, 2.24) is 5.32 Å². The van der Waals surface area contributed by atoms with Crippen LogP contribution in [-0.4, -0.2) is 28.3 Å². The second-order valence-corrected chi connectivity index (χ2v) is 8.58. The molecule has 1 aromatic carbocycles. The highest BCUT2D eigenvalue weighted by Crippen LogP contribution is 2.42. The molecule has 1 aromatic rings. The van der Waals surface area contributed by atoms with Crippen LogP contribution in [0.25, 0.3) is 0 Å². The topological polar surface area (TPSA) is 49.4 Å². The van der Waals surface area contributed by atoms with Crippen molar-refractivity contribution >= 4 is 15.7 Å². The molecule has 1 N–H and O–H groups in total. The second-order valence-electron chi connectivity index (χ2n) is 6.57. The maximum Gasteiger partial charge on any atom is 0.231 e. The molecule has 0 unspecified atom stereocenters. The van der Waals surface area contributed by atoms with Crippen LogP contribution in [0.1, 0.15) is 18.4 Å². The average Bonchev–Trinajstić information content (AvgIpc) is 3.09. The SMILES string of the molecule is CN(c1ccc(CNC[C@H]2C[C@H]3C=C[C@H]2C3)cc1)S(C)(=O)=O. The molecule has 4 nitrogen and oxygen atoms in total. The Kier molecular flexibility index (Phi) is 4.28. The highest BCUT2D eigenvalue weighted by atomic mass is 32.2. The molecule has 5 heteroatoms. The first-order chi connectivity index (χ1) is 10.4. The predicted molar refractivity (Wildman–Crippen MR) is 90.2 cm³/mol. The number of nitrogens with one attached hydrogen (secondary N) is 1. The summed E-state index contributed by atoms with van der Waals surface area (Å²) in [6.45, 7) is 1.90. The van der Waals surface area contributed by atoms with E-state index in [0.717, 1.165) is 30.8 Å². The third-order valence-corrected chi connectivity index (χ3v) is 6.16. The van der Waals surface area contributed by atoms with Gasteiger partial charge in [0.15, 0.2) is 0 Å². The quantitative estimate of drug-likeness (QED) is 0.819. The van der Waals surface area contributed by atoms with E-state index in [4.69, 9.17) is 0 Å². The number of hydrogen-bond acceptors (Lipinski definition) is 3. The fraction of sp³-hybridized carbons (Fsp3) is 0.529. The number of sulfonamides is 1. The van der Waals surface area contributed by atoms with Crippen LogP contribution < -0.4 is 9.62 Å². The fourth-order valence-corrected chi connectivity index (χ4v) is 4.05. The van der Waals surface area contributed by atoms with Crippen LogP contribution in [0.15, 0.2) is 36.4 Å². The Hall–Kier alpha value is -1.33. The van der Waals surface area contributed by atoms with Crippen LogP contribution in [0, 0.1) is 17.8 Å². The van der Waals surface area contributed by atoms with Crippen molar-refractivity contribution in [3.05, 3.63) is 42.0 Å². The van der Waals surface area contributed by atoms with Gasteiger partial charge in [0.2, 0.25) is 10.0 Å². The minimum Gasteiger partial charge on any atom is -0.312 e. The Morgan fingerprint density at radius 1 is 1.18 bits per heavy atom. The summed E-state index contributed by atoms with van der Waals surface area (Å²) in [5, 5.41) is 3.54. The minimum atomic E-state index is -3.19. The number of anilines is 1. The Labute approximate surface area is 133 Å². The van der Waals surface area contributed by atoms with E-state index in [2.05, 4.69) is 17.5 Å². The summed E-state index contributed by atoms with van der Waals surface area (Å²) in [5.41, 5.74) is 1.88. The maximum absolute atomic E-state index is 11.5. The molecule has 0 aromatic heterocycles. The van der Waals surface area contributed by atoms with Crippen molar-refractivity contribution in [3.63, 3.8) is 0 Å². The van der Waals surface area contributed by atoms with Gasteiger partial charge in [0.25, 0.3) is 0 Å². The molecule has 2 bridgehead atoms. The molecule has 1 saturated carbocycles. The Morgan fingerprint density at radius 3 is 2.45 bits per heavy atom. The zero-order chi connectivity index (χ0) is 15.7. The van der Waals surface area contributed by atoms with E-state index >= 15 is 0 Å². The van der Waals surface area contributed by atoms with Crippen LogP contribution in [0.4, 0.5) is 5.69 Å². The van der Waals surface area contributed by atoms with Gasteiger partial charge in [-0.3, -0.25) is 4.31 Å². The summed E-state index contributed by atoms with van der Waals surface area (Å²) < 4.78 is 24.3. The van der Waals surface area contributed by atoms with E-state index in [0.29, 0.717) is 5.69 Å². The summed E-state index contributed by atoms with van der Waals surface area (Å²) in [6, 6.07) is 7.70. The summed E-state index contributed by atoms with van der Waals surface area (Å²) in [4.78, 5) is 0. The Morgan fingerprint density at radius 2 is 1.91 bits per heavy atom. The van der Waals surface area contributed by atoms with Crippen molar-refractivity contribution in [2.75, 3.05) is 24.2 Å². The second kappa shape index (κ2) is 6.05. The molecule has 22 heavy (non-hydrogen) atoms. The Bertz CT molecular complexity index is 652. The third kappa shape index (κ3) is 3.36. The van der Waals surface area contributed by atoms with Crippen molar-refractivity contribution in [1.29, 1.82) is 0 Å². The number of benzene rings is 1. The summed E-state index contributed by atoms with van der Waals surface area (Å²) in [5.74, 6) is 2.39. The zero-order valence-electron chi connectivity index (χ0n) is 13.2. The van der Waals surface area contributed by atoms with Crippen LogP contribution in [0.2, 0.25) is 0 Å². The number of rotatable bonds is 6. The first kappa shape index (κ1) is 15.6. The van der Waals surface area contributed by atoms with E-state index in [1.807, 2.05) is 24.3 Å². The molecule has 1 fully saturated rings. The predicted octanol–water partition coefficient (Wildman–Crippen LogP) is 2.38. The molecule has 3 rings (SSSR count). The molecule has 120 valence electrons. The van der Waals surface area contributed by atoms with Crippen LogP contribution >= 0.6 is 0 Å². The summed E-state index contributed by atoms with van der Waals surface area (Å²) >= 11 is 0. The van der Waals surface area contributed by atoms with Crippen molar-refractivity contribution in [2.24, 2.45) is 17.8 Å². The monoisotopic (exact) mass is 320 g/mol. The number of fused-ring (bicyclic) bond motifs is 2. The smallest absolute Gasteiger partial charge is 0.231 e. The normalized spacial score (nSPS) is 26.5. The molecule has 0 spiro atoms. The highest BCUT2D eigenvalue weighted by Gasteiger charge is 2.34. The van der Waals surface area contributed by atoms with Gasteiger partial charge in [-0.15, -0.1) is 0 Å². The fourth-order valence-electron chi connectivity index (χ4n) is 3.55. The van der Waals surface area contributed by atoms with E-state index in [1.165, 1.54) is 29.0 Å². The van der Waals surface area contributed by atoms with Gasteiger partial charge in [-0.2, -0.15) is 0 Å². The summed E-state index contributed by atoms with van der Waals surface area (Å²) in [6.07, 6.45) is 8.64. The number of hydrogen-bond donors (Lipinski definition) is 1. The lowest BCUT2D eigenvalue weighted by molar-refractivity contribution is 0.414. The highest BCUT2D eigenvalue weighted by molar-refractivity contribution is 7.92. The minimum absolute atomic E-state index is 0.699. The van der Waals surface area contributed by atoms with Crippen molar-refractivity contribution < 1.29 is 8.42 Å². The first-order valence-corrected chi connectivity index (χ1v) is 9.70. The van der Waals surface area contributed by atoms with Crippen LogP contribution in [0.3, 0.4) is 0 Å². The lowest BCUT2D eigenvalue weighted by atomic mass is 9.93. The molecule has 0 aliphatic heterocycles. The first-order valence-electron chi connectivity index (χ1n) is 7.85. The van der Waals surface area contributed by atoms with Gasteiger partial charge in [-0.25, -0.2) is 8.42 Å². The van der Waals surface area contributed by atoms with Gasteiger partial charge in [-0.05, 0) is 54.8 Å². The largest absolute Gasteiger partial charge is 0.312 e. The van der Waals surface area contributed by atoms with E-state index in [1.54, 1.807) is 7.05 Å². The molecule has 0 heterocycles. The third-order valence-electron chi connectivity index (χ3n) is 4.95.